The molecule has 124 valence electrons. The Morgan fingerprint density at radius 3 is 2.75 bits per heavy atom. The largest absolute Gasteiger partial charge is 0.488 e. The van der Waals surface area contributed by atoms with Crippen LogP contribution in [-0.2, 0) is 6.61 Å². The van der Waals surface area contributed by atoms with Crippen LogP contribution in [0.5, 0.6) is 5.75 Å². The van der Waals surface area contributed by atoms with Gasteiger partial charge >= 0.3 is 0 Å². The van der Waals surface area contributed by atoms with Gasteiger partial charge in [-0.25, -0.2) is 9.97 Å². The van der Waals surface area contributed by atoms with Crippen molar-refractivity contribution in [3.63, 3.8) is 0 Å². The Bertz CT molecular complexity index is 823. The molecule has 1 heterocycles. The molecule has 1 aromatic heterocycles. The molecule has 0 saturated heterocycles. The summed E-state index contributed by atoms with van der Waals surface area (Å²) < 4.78 is 6.85. The minimum atomic E-state index is 0.340. The van der Waals surface area contributed by atoms with E-state index >= 15 is 0 Å². The zero-order valence-corrected chi connectivity index (χ0v) is 15.4. The van der Waals surface area contributed by atoms with Crippen LogP contribution in [0.1, 0.15) is 25.8 Å². The lowest BCUT2D eigenvalue weighted by Gasteiger charge is -2.13. The highest BCUT2D eigenvalue weighted by atomic mass is 79.9. The van der Waals surface area contributed by atoms with Crippen LogP contribution < -0.4 is 10.1 Å². The third-order valence-corrected chi connectivity index (χ3v) is 4.48. The Morgan fingerprint density at radius 1 is 1.21 bits per heavy atom. The molecule has 0 saturated carbocycles. The summed E-state index contributed by atoms with van der Waals surface area (Å²) in [6.07, 6.45) is 2.85. The Hall–Kier alpha value is -2.14. The normalized spacial score (nSPS) is 12.1. The first-order valence-corrected chi connectivity index (χ1v) is 8.84. The fourth-order valence-electron chi connectivity index (χ4n) is 2.27. The van der Waals surface area contributed by atoms with Crippen molar-refractivity contribution in [1.29, 1.82) is 0 Å². The van der Waals surface area contributed by atoms with Crippen LogP contribution in [0.15, 0.2) is 53.1 Å². The van der Waals surface area contributed by atoms with Crippen LogP contribution in [0.3, 0.4) is 0 Å². The summed E-state index contributed by atoms with van der Waals surface area (Å²) in [6, 6.07) is 14.4. The van der Waals surface area contributed by atoms with Gasteiger partial charge in [-0.15, -0.1) is 0 Å². The predicted octanol–water partition coefficient (Wildman–Crippen LogP) is 5.18. The van der Waals surface area contributed by atoms with Crippen LogP contribution in [0.25, 0.3) is 10.9 Å². The molecule has 0 aliphatic heterocycles. The van der Waals surface area contributed by atoms with E-state index in [1.54, 1.807) is 0 Å². The number of fused-ring (bicyclic) bond motifs is 1. The average Bonchev–Trinajstić information content (AvgIpc) is 2.61. The van der Waals surface area contributed by atoms with Gasteiger partial charge in [0.2, 0.25) is 5.95 Å². The minimum Gasteiger partial charge on any atom is -0.488 e. The zero-order chi connectivity index (χ0) is 16.9. The lowest BCUT2D eigenvalue weighted by molar-refractivity contribution is 0.304. The van der Waals surface area contributed by atoms with Gasteiger partial charge < -0.3 is 10.1 Å². The van der Waals surface area contributed by atoms with Crippen molar-refractivity contribution in [3.05, 3.63) is 58.7 Å². The average molecular weight is 386 g/mol. The zero-order valence-electron chi connectivity index (χ0n) is 13.8. The van der Waals surface area contributed by atoms with Crippen molar-refractivity contribution in [2.75, 3.05) is 5.32 Å². The first kappa shape index (κ1) is 16.7. The molecule has 0 aliphatic carbocycles. The van der Waals surface area contributed by atoms with E-state index in [0.29, 0.717) is 18.6 Å². The number of anilines is 1. The molecule has 3 aromatic rings. The second-order valence-corrected chi connectivity index (χ2v) is 6.62. The molecule has 3 rings (SSSR count). The van der Waals surface area contributed by atoms with Crippen molar-refractivity contribution in [2.24, 2.45) is 0 Å². The highest BCUT2D eigenvalue weighted by molar-refractivity contribution is 9.10. The number of ether oxygens (including phenoxy) is 1. The minimum absolute atomic E-state index is 0.340. The number of hydrogen-bond acceptors (Lipinski definition) is 4. The molecular weight excluding hydrogens is 366 g/mol. The topological polar surface area (TPSA) is 47.0 Å². The van der Waals surface area contributed by atoms with Gasteiger partial charge in [0.25, 0.3) is 0 Å². The van der Waals surface area contributed by atoms with Gasteiger partial charge in [0.1, 0.15) is 12.4 Å². The third-order valence-electron chi connectivity index (χ3n) is 3.86. The van der Waals surface area contributed by atoms with Crippen LogP contribution in [-0.4, -0.2) is 16.0 Å². The summed E-state index contributed by atoms with van der Waals surface area (Å²) in [6.45, 7) is 4.77. The summed E-state index contributed by atoms with van der Waals surface area (Å²) in [5.74, 6) is 1.42. The fraction of sp³-hybridized carbons (Fsp3) is 0.263. The Morgan fingerprint density at radius 2 is 2.00 bits per heavy atom. The monoisotopic (exact) mass is 385 g/mol. The fourth-order valence-corrected chi connectivity index (χ4v) is 2.75. The molecule has 0 spiro atoms. The maximum Gasteiger partial charge on any atom is 0.223 e. The van der Waals surface area contributed by atoms with Crippen molar-refractivity contribution in [2.45, 2.75) is 32.9 Å². The molecule has 1 atom stereocenters. The molecule has 0 fully saturated rings. The molecule has 0 radical (unpaired) electrons. The van der Waals surface area contributed by atoms with E-state index < -0.39 is 0 Å². The van der Waals surface area contributed by atoms with Gasteiger partial charge in [-0.3, -0.25) is 0 Å². The van der Waals surface area contributed by atoms with E-state index in [2.05, 4.69) is 45.1 Å². The van der Waals surface area contributed by atoms with Crippen LogP contribution >= 0.6 is 15.9 Å². The maximum atomic E-state index is 5.95. The van der Waals surface area contributed by atoms with Gasteiger partial charge in [0.15, 0.2) is 0 Å². The van der Waals surface area contributed by atoms with Crippen molar-refractivity contribution >= 4 is 32.8 Å². The molecule has 4 nitrogen and oxygen atoms in total. The van der Waals surface area contributed by atoms with E-state index in [0.717, 1.165) is 33.1 Å². The van der Waals surface area contributed by atoms with Crippen molar-refractivity contribution in [1.82, 2.24) is 9.97 Å². The molecule has 5 heteroatoms. The number of aromatic nitrogens is 2. The van der Waals surface area contributed by atoms with Crippen LogP contribution in [0.4, 0.5) is 5.95 Å². The van der Waals surface area contributed by atoms with Gasteiger partial charge in [0, 0.05) is 23.7 Å². The standard InChI is InChI=1S/C19H20BrN3O/c1-3-13(2)22-19-21-11-15-9-16(20)18(10-17(15)23-19)24-12-14-7-5-4-6-8-14/h4-11,13H,3,12H2,1-2H3,(H,21,22,23)/t13-/m0/s1. The van der Waals surface area contributed by atoms with E-state index in [-0.39, 0.29) is 0 Å². The summed E-state index contributed by atoms with van der Waals surface area (Å²) in [5, 5.41) is 4.28. The highest BCUT2D eigenvalue weighted by Gasteiger charge is 2.08. The van der Waals surface area contributed by atoms with E-state index in [9.17, 15) is 0 Å². The summed E-state index contributed by atoms with van der Waals surface area (Å²) >= 11 is 3.56. The molecular formula is C19H20BrN3O. The summed E-state index contributed by atoms with van der Waals surface area (Å²) in [7, 11) is 0. The van der Waals surface area contributed by atoms with Crippen molar-refractivity contribution < 1.29 is 4.74 Å². The predicted molar refractivity (Wildman–Crippen MR) is 101 cm³/mol. The second kappa shape index (κ2) is 7.62. The number of nitrogens with zero attached hydrogens (tertiary/aromatic N) is 2. The molecule has 0 bridgehead atoms. The smallest absolute Gasteiger partial charge is 0.223 e. The van der Waals surface area contributed by atoms with E-state index in [1.165, 1.54) is 0 Å². The SMILES string of the molecule is CC[C@H](C)Nc1ncc2cc(Br)c(OCc3ccccc3)cc2n1. The number of halogens is 1. The Kier molecular flexibility index (Phi) is 5.30. The number of rotatable bonds is 6. The molecule has 24 heavy (non-hydrogen) atoms. The van der Waals surface area contributed by atoms with Gasteiger partial charge in [-0.1, -0.05) is 37.3 Å². The first-order valence-electron chi connectivity index (χ1n) is 8.05. The highest BCUT2D eigenvalue weighted by Crippen LogP contribution is 2.30. The van der Waals surface area contributed by atoms with Crippen LogP contribution in [0.2, 0.25) is 0 Å². The maximum absolute atomic E-state index is 5.95. The van der Waals surface area contributed by atoms with Gasteiger partial charge in [0.05, 0.1) is 9.99 Å². The third kappa shape index (κ3) is 4.03. The second-order valence-electron chi connectivity index (χ2n) is 5.76. The number of benzene rings is 2. The molecule has 0 amide bonds. The first-order chi connectivity index (χ1) is 11.7. The molecule has 0 aliphatic rings. The summed E-state index contributed by atoms with van der Waals surface area (Å²) in [4.78, 5) is 8.97. The Labute approximate surface area is 150 Å². The van der Waals surface area contributed by atoms with Crippen LogP contribution in [0, 0.1) is 0 Å². The molecule has 1 N–H and O–H groups in total. The Balaban J connectivity index is 1.83. The van der Waals surface area contributed by atoms with Gasteiger partial charge in [-0.2, -0.15) is 0 Å². The van der Waals surface area contributed by atoms with Gasteiger partial charge in [-0.05, 0) is 40.9 Å². The molecule has 2 aromatic carbocycles. The molecule has 0 unspecified atom stereocenters. The quantitative estimate of drug-likeness (QED) is 0.634. The number of nitrogens with one attached hydrogen (secondary N) is 1. The summed E-state index contributed by atoms with van der Waals surface area (Å²) in [5.41, 5.74) is 1.99. The lowest BCUT2D eigenvalue weighted by atomic mass is 10.2. The van der Waals surface area contributed by atoms with E-state index in [4.69, 9.17) is 4.74 Å². The lowest BCUT2D eigenvalue weighted by Crippen LogP contribution is -2.15. The number of hydrogen-bond donors (Lipinski definition) is 1. The van der Waals surface area contributed by atoms with E-state index in [1.807, 2.05) is 48.7 Å². The van der Waals surface area contributed by atoms with Crippen molar-refractivity contribution in [3.8, 4) is 5.75 Å².